The van der Waals surface area contributed by atoms with Crippen LogP contribution in [-0.2, 0) is 11.8 Å². The van der Waals surface area contributed by atoms with Gasteiger partial charge in [0.25, 0.3) is 5.56 Å². The largest absolute Gasteiger partial charge is 0.495 e. The molecular formula is C26H24Cl2N4O4. The molecule has 0 fully saturated rings. The number of carbonyl (C=O) groups excluding carboxylic acids is 1. The predicted molar refractivity (Wildman–Crippen MR) is 144 cm³/mol. The highest BCUT2D eigenvalue weighted by Crippen LogP contribution is 2.45. The lowest BCUT2D eigenvalue weighted by Crippen LogP contribution is -2.20. The molecule has 8 nitrogen and oxygen atoms in total. The molecule has 0 saturated heterocycles. The molecule has 0 saturated carbocycles. The van der Waals surface area contributed by atoms with Crippen molar-refractivity contribution in [3.8, 4) is 22.6 Å². The van der Waals surface area contributed by atoms with Crippen molar-refractivity contribution >= 4 is 57.2 Å². The van der Waals surface area contributed by atoms with Gasteiger partial charge in [-0.05, 0) is 25.1 Å². The van der Waals surface area contributed by atoms with Gasteiger partial charge in [0, 0.05) is 42.7 Å². The zero-order valence-corrected chi connectivity index (χ0v) is 21.8. The van der Waals surface area contributed by atoms with Crippen LogP contribution in [0.5, 0.6) is 11.5 Å². The third kappa shape index (κ3) is 4.45. The smallest absolute Gasteiger partial charge is 0.258 e. The standard InChI is InChI=1S/C26H24Cl2N4O4/c1-13-24-15(12-29-25(13)31-18-9-7-6-8-17(18)30-14(2)33)10-16(26(34)32(24)3)21-22(27)19(35-4)11-20(36-5)23(21)28/h6-12H,1-5H3,(H,29,31)(H,30,33). The van der Waals surface area contributed by atoms with Gasteiger partial charge in [0.15, 0.2) is 0 Å². The van der Waals surface area contributed by atoms with Crippen LogP contribution >= 0.6 is 23.2 Å². The average Bonchev–Trinajstić information content (AvgIpc) is 2.84. The second-order valence-corrected chi connectivity index (χ2v) is 8.85. The number of amides is 1. The highest BCUT2D eigenvalue weighted by Gasteiger charge is 2.23. The van der Waals surface area contributed by atoms with Gasteiger partial charge in [0.05, 0.1) is 46.7 Å². The minimum absolute atomic E-state index is 0.186. The normalized spacial score (nSPS) is 10.9. The molecule has 10 heteroatoms. The molecular weight excluding hydrogens is 503 g/mol. The molecule has 4 rings (SSSR count). The van der Waals surface area contributed by atoms with E-state index < -0.39 is 0 Å². The number of methoxy groups -OCH3 is 2. The number of halogens is 2. The van der Waals surface area contributed by atoms with E-state index in [0.717, 1.165) is 5.56 Å². The molecule has 2 aromatic heterocycles. The molecule has 0 atom stereocenters. The Morgan fingerprint density at radius 2 is 1.64 bits per heavy atom. The lowest BCUT2D eigenvalue weighted by molar-refractivity contribution is -0.114. The Bertz CT molecular complexity index is 1540. The van der Waals surface area contributed by atoms with Gasteiger partial charge in [-0.3, -0.25) is 9.59 Å². The lowest BCUT2D eigenvalue weighted by atomic mass is 10.0. The summed E-state index contributed by atoms with van der Waals surface area (Å²) in [5.74, 6) is 1.03. The Morgan fingerprint density at radius 3 is 2.22 bits per heavy atom. The van der Waals surface area contributed by atoms with Crippen LogP contribution in [0.2, 0.25) is 10.0 Å². The van der Waals surface area contributed by atoms with Crippen molar-refractivity contribution in [1.29, 1.82) is 0 Å². The Hall–Kier alpha value is -3.75. The van der Waals surface area contributed by atoms with Gasteiger partial charge in [-0.1, -0.05) is 35.3 Å². The van der Waals surface area contributed by atoms with Crippen molar-refractivity contribution in [3.05, 3.63) is 68.6 Å². The Morgan fingerprint density at radius 1 is 1.03 bits per heavy atom. The molecule has 0 unspecified atom stereocenters. The fourth-order valence-corrected chi connectivity index (χ4v) is 4.82. The van der Waals surface area contributed by atoms with Crippen LogP contribution in [-0.4, -0.2) is 29.7 Å². The number of anilines is 3. The minimum atomic E-state index is -0.305. The van der Waals surface area contributed by atoms with Crippen molar-refractivity contribution in [2.75, 3.05) is 24.9 Å². The summed E-state index contributed by atoms with van der Waals surface area (Å²) in [4.78, 5) is 29.7. The van der Waals surface area contributed by atoms with Gasteiger partial charge in [0.2, 0.25) is 5.91 Å². The summed E-state index contributed by atoms with van der Waals surface area (Å²) in [6, 6.07) is 10.6. The number of ether oxygens (including phenoxy) is 2. The zero-order valence-electron chi connectivity index (χ0n) is 20.3. The maximum absolute atomic E-state index is 13.6. The van der Waals surface area contributed by atoms with Gasteiger partial charge >= 0.3 is 0 Å². The fourth-order valence-electron chi connectivity index (χ4n) is 4.12. The van der Waals surface area contributed by atoms with E-state index >= 15 is 0 Å². The lowest BCUT2D eigenvalue weighted by Gasteiger charge is -2.18. The van der Waals surface area contributed by atoms with Crippen LogP contribution in [0.3, 0.4) is 0 Å². The monoisotopic (exact) mass is 526 g/mol. The molecule has 0 aliphatic rings. The number of fused-ring (bicyclic) bond motifs is 1. The van der Waals surface area contributed by atoms with Crippen LogP contribution in [0.4, 0.5) is 17.2 Å². The number of para-hydroxylation sites is 2. The summed E-state index contributed by atoms with van der Waals surface area (Å²) in [7, 11) is 4.63. The van der Waals surface area contributed by atoms with Gasteiger partial charge in [-0.15, -0.1) is 0 Å². The third-order valence-electron chi connectivity index (χ3n) is 5.82. The summed E-state index contributed by atoms with van der Waals surface area (Å²) in [5, 5.41) is 7.18. The number of rotatable bonds is 6. The van der Waals surface area contributed by atoms with Gasteiger partial charge < -0.3 is 24.7 Å². The Balaban J connectivity index is 1.89. The van der Waals surface area contributed by atoms with E-state index in [1.807, 2.05) is 25.1 Å². The van der Waals surface area contributed by atoms with Crippen molar-refractivity contribution < 1.29 is 14.3 Å². The van der Waals surface area contributed by atoms with Crippen LogP contribution in [0.1, 0.15) is 12.5 Å². The number of nitrogens with one attached hydrogen (secondary N) is 2. The summed E-state index contributed by atoms with van der Waals surface area (Å²) >= 11 is 13.2. The average molecular weight is 527 g/mol. The number of carbonyl (C=O) groups is 1. The summed E-state index contributed by atoms with van der Waals surface area (Å²) in [6.07, 6.45) is 1.66. The van der Waals surface area contributed by atoms with E-state index in [1.165, 1.54) is 25.7 Å². The first kappa shape index (κ1) is 25.3. The van der Waals surface area contributed by atoms with E-state index in [9.17, 15) is 9.59 Å². The SMILES string of the molecule is COc1cc(OC)c(Cl)c(-c2cc3cnc(Nc4ccccc4NC(C)=O)c(C)c3n(C)c2=O)c1Cl. The highest BCUT2D eigenvalue weighted by molar-refractivity contribution is 6.41. The van der Waals surface area contributed by atoms with Gasteiger partial charge in [-0.2, -0.15) is 0 Å². The summed E-state index contributed by atoms with van der Waals surface area (Å²) < 4.78 is 12.3. The quantitative estimate of drug-likeness (QED) is 0.323. The molecule has 1 amide bonds. The number of aromatic nitrogens is 2. The highest BCUT2D eigenvalue weighted by atomic mass is 35.5. The Labute approximate surface area is 217 Å². The van der Waals surface area contributed by atoms with Crippen LogP contribution in [0, 0.1) is 6.92 Å². The molecule has 2 aromatic carbocycles. The van der Waals surface area contributed by atoms with Crippen molar-refractivity contribution in [2.24, 2.45) is 7.05 Å². The zero-order chi connectivity index (χ0) is 26.1. The summed E-state index contributed by atoms with van der Waals surface area (Å²) in [5.41, 5.74) is 3.02. The number of pyridine rings is 2. The number of hydrogen-bond acceptors (Lipinski definition) is 6. The van der Waals surface area contributed by atoms with E-state index in [2.05, 4.69) is 15.6 Å². The molecule has 2 heterocycles. The minimum Gasteiger partial charge on any atom is -0.495 e. The molecule has 0 aliphatic heterocycles. The maximum Gasteiger partial charge on any atom is 0.258 e. The first-order valence-corrected chi connectivity index (χ1v) is 11.7. The molecule has 2 N–H and O–H groups in total. The third-order valence-corrected chi connectivity index (χ3v) is 6.57. The molecule has 0 bridgehead atoms. The van der Waals surface area contributed by atoms with E-state index in [0.29, 0.717) is 45.2 Å². The molecule has 36 heavy (non-hydrogen) atoms. The predicted octanol–water partition coefficient (Wildman–Crippen LogP) is 5.93. The van der Waals surface area contributed by atoms with Crippen molar-refractivity contribution in [1.82, 2.24) is 9.55 Å². The summed E-state index contributed by atoms with van der Waals surface area (Å²) in [6.45, 7) is 3.31. The van der Waals surface area contributed by atoms with Crippen molar-refractivity contribution in [3.63, 3.8) is 0 Å². The number of nitrogens with zero attached hydrogens (tertiary/aromatic N) is 2. The first-order chi connectivity index (χ1) is 17.2. The van der Waals surface area contributed by atoms with Crippen LogP contribution in [0.25, 0.3) is 22.0 Å². The maximum atomic E-state index is 13.6. The molecule has 0 aliphatic carbocycles. The number of aryl methyl sites for hydroxylation is 2. The number of hydrogen-bond donors (Lipinski definition) is 2. The van der Waals surface area contributed by atoms with Crippen LogP contribution < -0.4 is 25.7 Å². The number of benzene rings is 2. The Kier molecular flexibility index (Phi) is 7.10. The van der Waals surface area contributed by atoms with E-state index in [4.69, 9.17) is 32.7 Å². The fraction of sp³-hybridized carbons (Fsp3) is 0.192. The molecule has 186 valence electrons. The van der Waals surface area contributed by atoms with E-state index in [-0.39, 0.29) is 27.1 Å². The van der Waals surface area contributed by atoms with Gasteiger partial charge in [0.1, 0.15) is 17.3 Å². The van der Waals surface area contributed by atoms with Crippen LogP contribution in [0.15, 0.2) is 47.4 Å². The molecule has 0 radical (unpaired) electrons. The molecule has 4 aromatic rings. The molecule has 0 spiro atoms. The van der Waals surface area contributed by atoms with Gasteiger partial charge in [-0.25, -0.2) is 4.98 Å². The second kappa shape index (κ2) is 10.1. The van der Waals surface area contributed by atoms with E-state index in [1.54, 1.807) is 31.4 Å². The van der Waals surface area contributed by atoms with Crippen molar-refractivity contribution in [2.45, 2.75) is 13.8 Å². The second-order valence-electron chi connectivity index (χ2n) is 8.09. The first-order valence-electron chi connectivity index (χ1n) is 10.9. The topological polar surface area (TPSA) is 94.5 Å².